The normalized spacial score (nSPS) is 12.3. The summed E-state index contributed by atoms with van der Waals surface area (Å²) < 4.78 is 38.1. The van der Waals surface area contributed by atoms with Crippen LogP contribution in [-0.2, 0) is 6.18 Å². The van der Waals surface area contributed by atoms with Gasteiger partial charge >= 0.3 is 6.18 Å². The van der Waals surface area contributed by atoms with Gasteiger partial charge < -0.3 is 4.90 Å². The van der Waals surface area contributed by atoms with Crippen molar-refractivity contribution >= 4 is 18.9 Å². The number of benzene rings is 2. The molecule has 0 aliphatic rings. The second-order valence-corrected chi connectivity index (χ2v) is 11.0. The summed E-state index contributed by atoms with van der Waals surface area (Å²) in [5.41, 5.74) is 0.244. The van der Waals surface area contributed by atoms with E-state index in [-0.39, 0.29) is 0 Å². The maximum atomic E-state index is 12.7. The molecule has 0 unspecified atom stereocenters. The van der Waals surface area contributed by atoms with Crippen LogP contribution in [0, 0.1) is 0 Å². The predicted molar refractivity (Wildman–Crippen MR) is 92.9 cm³/mol. The lowest BCUT2D eigenvalue weighted by Crippen LogP contribution is -2.52. The topological polar surface area (TPSA) is 3.24 Å². The fraction of sp³-hybridized carbons (Fsp3) is 0.333. The lowest BCUT2D eigenvalue weighted by atomic mass is 10.2. The molecule has 0 radical (unpaired) electrons. The van der Waals surface area contributed by atoms with Gasteiger partial charge in [0.1, 0.15) is 8.07 Å². The number of halogens is 3. The van der Waals surface area contributed by atoms with Crippen LogP contribution < -0.4 is 10.1 Å². The Morgan fingerprint density at radius 2 is 1.48 bits per heavy atom. The highest BCUT2D eigenvalue weighted by molar-refractivity contribution is 6.90. The Bertz CT molecular complexity index is 621. The van der Waals surface area contributed by atoms with Gasteiger partial charge in [-0.1, -0.05) is 48.6 Å². The molecule has 0 saturated carbocycles. The smallest absolute Gasteiger partial charge is 0.374 e. The molecular weight excluding hydrogens is 315 g/mol. The number of hydrogen-bond acceptors (Lipinski definition) is 1. The average molecular weight is 337 g/mol. The van der Waals surface area contributed by atoms with Gasteiger partial charge in [-0.05, 0) is 31.2 Å². The van der Waals surface area contributed by atoms with E-state index in [2.05, 4.69) is 30.1 Å². The quantitative estimate of drug-likeness (QED) is 0.716. The summed E-state index contributed by atoms with van der Waals surface area (Å²) in [6.07, 6.45) is -3.41. The summed E-state index contributed by atoms with van der Waals surface area (Å²) in [6, 6.07) is 15.8. The van der Waals surface area contributed by atoms with Gasteiger partial charge in [-0.15, -0.1) is 0 Å². The van der Waals surface area contributed by atoms with E-state index in [9.17, 15) is 13.2 Å². The zero-order valence-corrected chi connectivity index (χ0v) is 14.7. The van der Waals surface area contributed by atoms with Crippen LogP contribution in [0.25, 0.3) is 0 Å². The van der Waals surface area contributed by atoms with Gasteiger partial charge in [-0.3, -0.25) is 0 Å². The van der Waals surface area contributed by atoms with Crippen LogP contribution >= 0.6 is 0 Å². The average Bonchev–Trinajstić information content (AvgIpc) is 2.53. The van der Waals surface area contributed by atoms with Gasteiger partial charge in [-0.2, -0.15) is 13.2 Å². The van der Waals surface area contributed by atoms with Crippen molar-refractivity contribution in [2.75, 3.05) is 17.6 Å². The molecule has 0 saturated heterocycles. The monoisotopic (exact) mass is 337 g/mol. The van der Waals surface area contributed by atoms with E-state index in [1.807, 2.05) is 25.1 Å². The molecule has 0 bridgehead atoms. The third kappa shape index (κ3) is 4.38. The molecule has 0 aliphatic carbocycles. The first kappa shape index (κ1) is 17.6. The maximum absolute atomic E-state index is 12.7. The molecule has 0 atom stereocenters. The lowest BCUT2D eigenvalue weighted by molar-refractivity contribution is -0.137. The summed E-state index contributed by atoms with van der Waals surface area (Å²) >= 11 is 0. The second-order valence-electron chi connectivity index (χ2n) is 6.31. The van der Waals surface area contributed by atoms with E-state index in [1.54, 1.807) is 12.1 Å². The van der Waals surface area contributed by atoms with Crippen molar-refractivity contribution in [3.05, 3.63) is 60.2 Å². The van der Waals surface area contributed by atoms with Crippen LogP contribution in [0.2, 0.25) is 13.1 Å². The van der Waals surface area contributed by atoms with Crippen molar-refractivity contribution in [3.63, 3.8) is 0 Å². The molecule has 23 heavy (non-hydrogen) atoms. The zero-order chi connectivity index (χ0) is 17.1. The minimum Gasteiger partial charge on any atom is -0.374 e. The van der Waals surface area contributed by atoms with Gasteiger partial charge in [0.2, 0.25) is 0 Å². The van der Waals surface area contributed by atoms with Crippen molar-refractivity contribution in [1.29, 1.82) is 0 Å². The van der Waals surface area contributed by atoms with Gasteiger partial charge in [0.25, 0.3) is 0 Å². The van der Waals surface area contributed by atoms with Gasteiger partial charge in [0, 0.05) is 18.4 Å². The molecule has 2 aromatic carbocycles. The fourth-order valence-electron chi connectivity index (χ4n) is 2.70. The van der Waals surface area contributed by atoms with E-state index in [0.29, 0.717) is 0 Å². The molecule has 1 nitrogen and oxygen atoms in total. The van der Waals surface area contributed by atoms with Crippen LogP contribution in [0.4, 0.5) is 18.9 Å². The Morgan fingerprint density at radius 3 is 1.96 bits per heavy atom. The molecule has 2 rings (SSSR count). The van der Waals surface area contributed by atoms with E-state index in [0.717, 1.165) is 30.5 Å². The third-order valence-corrected chi connectivity index (χ3v) is 7.15. The first-order chi connectivity index (χ1) is 10.7. The Morgan fingerprint density at radius 1 is 0.913 bits per heavy atom. The van der Waals surface area contributed by atoms with E-state index < -0.39 is 19.8 Å². The summed E-state index contributed by atoms with van der Waals surface area (Å²) in [6.45, 7) is 7.38. The van der Waals surface area contributed by atoms with Crippen LogP contribution in [-0.4, -0.2) is 20.8 Å². The van der Waals surface area contributed by atoms with Crippen molar-refractivity contribution in [3.8, 4) is 0 Å². The van der Waals surface area contributed by atoms with Crippen molar-refractivity contribution in [2.45, 2.75) is 26.2 Å². The highest BCUT2D eigenvalue weighted by atomic mass is 28.3. The SMILES string of the molecule is CCN(C[Si](C)(C)c1ccccc1)c1ccc(C(F)(F)F)cc1. The summed E-state index contributed by atoms with van der Waals surface area (Å²) in [5.74, 6) is 0. The third-order valence-electron chi connectivity index (χ3n) is 4.08. The zero-order valence-electron chi connectivity index (χ0n) is 13.7. The highest BCUT2D eigenvalue weighted by Gasteiger charge is 2.31. The predicted octanol–water partition coefficient (Wildman–Crippen LogP) is 4.69. The number of nitrogens with zero attached hydrogens (tertiary/aromatic N) is 1. The lowest BCUT2D eigenvalue weighted by Gasteiger charge is -2.32. The van der Waals surface area contributed by atoms with Crippen molar-refractivity contribution in [2.24, 2.45) is 0 Å². The molecule has 0 amide bonds. The highest BCUT2D eigenvalue weighted by Crippen LogP contribution is 2.30. The number of alkyl halides is 3. The molecule has 0 heterocycles. The van der Waals surface area contributed by atoms with Gasteiger partial charge in [0.15, 0.2) is 0 Å². The molecule has 124 valence electrons. The Balaban J connectivity index is 2.20. The Hall–Kier alpha value is -1.75. The van der Waals surface area contributed by atoms with E-state index >= 15 is 0 Å². The summed E-state index contributed by atoms with van der Waals surface area (Å²) in [4.78, 5) is 2.17. The van der Waals surface area contributed by atoms with E-state index in [1.165, 1.54) is 5.19 Å². The molecule has 2 aromatic rings. The number of rotatable bonds is 5. The molecule has 5 heteroatoms. The molecule has 0 aliphatic heterocycles. The standard InChI is InChI=1S/C18H22F3NSi/c1-4-22(14-23(2,3)17-8-6-5-7-9-17)16-12-10-15(11-13-16)18(19,20)21/h5-13H,4,14H2,1-3H3. The molecule has 0 spiro atoms. The molecule has 0 aromatic heterocycles. The summed E-state index contributed by atoms with van der Waals surface area (Å²) in [7, 11) is -1.69. The van der Waals surface area contributed by atoms with Crippen LogP contribution in [0.15, 0.2) is 54.6 Å². The van der Waals surface area contributed by atoms with Crippen molar-refractivity contribution in [1.82, 2.24) is 0 Å². The maximum Gasteiger partial charge on any atom is 0.416 e. The van der Waals surface area contributed by atoms with Gasteiger partial charge in [0.05, 0.1) is 5.56 Å². The molecule has 0 N–H and O–H groups in total. The fourth-order valence-corrected chi connectivity index (χ4v) is 5.34. The van der Waals surface area contributed by atoms with Crippen LogP contribution in [0.5, 0.6) is 0 Å². The largest absolute Gasteiger partial charge is 0.416 e. The van der Waals surface area contributed by atoms with Crippen molar-refractivity contribution < 1.29 is 13.2 Å². The number of anilines is 1. The summed E-state index contributed by atoms with van der Waals surface area (Å²) in [5, 5.41) is 1.35. The number of hydrogen-bond donors (Lipinski definition) is 0. The van der Waals surface area contributed by atoms with Crippen LogP contribution in [0.1, 0.15) is 12.5 Å². The first-order valence-corrected chi connectivity index (χ1v) is 10.9. The Kier molecular flexibility index (Phi) is 5.19. The molecule has 0 fully saturated rings. The van der Waals surface area contributed by atoms with Gasteiger partial charge in [-0.25, -0.2) is 0 Å². The Labute approximate surface area is 136 Å². The minimum absolute atomic E-state index is 0.600. The minimum atomic E-state index is -4.28. The second kappa shape index (κ2) is 6.79. The molecular formula is C18H22F3NSi. The first-order valence-electron chi connectivity index (χ1n) is 7.72. The van der Waals surface area contributed by atoms with E-state index in [4.69, 9.17) is 0 Å². The van der Waals surface area contributed by atoms with Crippen LogP contribution in [0.3, 0.4) is 0 Å².